The Bertz CT molecular complexity index is 660. The second-order valence-corrected chi connectivity index (χ2v) is 6.90. The maximum Gasteiger partial charge on any atom is 0.345 e. The van der Waals surface area contributed by atoms with Gasteiger partial charge in [0.2, 0.25) is 0 Å². The average molecular weight is 383 g/mol. The molecule has 0 spiro atoms. The van der Waals surface area contributed by atoms with E-state index >= 15 is 0 Å². The van der Waals surface area contributed by atoms with Crippen LogP contribution in [0.25, 0.3) is 0 Å². The number of hydrogen-bond donors (Lipinski definition) is 3. The van der Waals surface area contributed by atoms with Gasteiger partial charge in [-0.2, -0.15) is 10.2 Å². The van der Waals surface area contributed by atoms with Gasteiger partial charge in [0, 0.05) is 32.0 Å². The van der Waals surface area contributed by atoms with Crippen LogP contribution >= 0.6 is 12.9 Å². The van der Waals surface area contributed by atoms with Crippen LogP contribution in [0.1, 0.15) is 25.3 Å². The first kappa shape index (κ1) is 17.5. The molecule has 1 aromatic rings. The van der Waals surface area contributed by atoms with E-state index in [1.165, 1.54) is 16.3 Å². The molecule has 2 N–H and O–H groups in total. The van der Waals surface area contributed by atoms with Crippen LogP contribution in [0.3, 0.4) is 0 Å². The van der Waals surface area contributed by atoms with Gasteiger partial charge in [-0.1, -0.05) is 0 Å². The number of nitrogens with zero attached hydrogens (tertiary/aromatic N) is 5. The average Bonchev–Trinajstić information content (AvgIpc) is 3.37. The van der Waals surface area contributed by atoms with Crippen LogP contribution in [-0.4, -0.2) is 74.5 Å². The van der Waals surface area contributed by atoms with E-state index < -0.39 is 6.04 Å². The molecule has 1 aromatic heterocycles. The molecule has 3 amide bonds. The molecular formula is C14H21N7O4S. The van der Waals surface area contributed by atoms with Gasteiger partial charge < -0.3 is 10.2 Å². The predicted octanol–water partition coefficient (Wildman–Crippen LogP) is -0.726. The number of hydrogen-bond acceptors (Lipinski definition) is 8. The molecule has 2 unspecified atom stereocenters. The lowest BCUT2D eigenvalue weighted by Crippen LogP contribution is -2.50. The summed E-state index contributed by atoms with van der Waals surface area (Å²) in [6.45, 7) is 1.57. The fourth-order valence-electron chi connectivity index (χ4n) is 3.83. The highest BCUT2D eigenvalue weighted by molar-refractivity contribution is 7.75. The minimum atomic E-state index is -0.549. The standard InChI is InChI=1S/C14H21N7O4S/c22-13(12-2-1-10-5-19(12)14(23)21(10)25-26)18-24-6-9-3-11(4-16-9)20-8-15-7-17-20/h7-12,16,26H,1-6H2,(H,18,22)/t9-,10?,11+,12?/m0/s1. The summed E-state index contributed by atoms with van der Waals surface area (Å²) < 4.78 is 6.63. The van der Waals surface area contributed by atoms with Crippen LogP contribution in [0.2, 0.25) is 0 Å². The van der Waals surface area contributed by atoms with Gasteiger partial charge in [-0.05, 0) is 19.3 Å². The minimum Gasteiger partial charge on any atom is -0.309 e. The number of fused-ring (bicyclic) bond motifs is 2. The third-order valence-corrected chi connectivity index (χ3v) is 5.36. The Morgan fingerprint density at radius 2 is 2.31 bits per heavy atom. The van der Waals surface area contributed by atoms with Crippen molar-refractivity contribution in [2.45, 2.75) is 43.4 Å². The van der Waals surface area contributed by atoms with Crippen LogP contribution in [0.4, 0.5) is 4.79 Å². The number of urea groups is 1. The Kier molecular flexibility index (Phi) is 4.98. The Balaban J connectivity index is 1.23. The molecule has 2 bridgehead atoms. The van der Waals surface area contributed by atoms with Crippen molar-refractivity contribution in [3.05, 3.63) is 12.7 Å². The van der Waals surface area contributed by atoms with Crippen molar-refractivity contribution in [2.75, 3.05) is 19.7 Å². The quantitative estimate of drug-likeness (QED) is 0.337. The number of carbonyl (C=O) groups is 2. The van der Waals surface area contributed by atoms with Crippen molar-refractivity contribution in [3.63, 3.8) is 0 Å². The minimum absolute atomic E-state index is 0.0543. The predicted molar refractivity (Wildman–Crippen MR) is 90.4 cm³/mol. The molecule has 3 fully saturated rings. The number of carbonyl (C=O) groups excluding carboxylic acids is 2. The molecule has 4 atom stereocenters. The highest BCUT2D eigenvalue weighted by Crippen LogP contribution is 2.30. The first-order chi connectivity index (χ1) is 12.7. The monoisotopic (exact) mass is 383 g/mol. The van der Waals surface area contributed by atoms with Gasteiger partial charge in [0.05, 0.1) is 18.7 Å². The number of nitrogens with one attached hydrogen (secondary N) is 2. The molecule has 12 heteroatoms. The molecule has 0 saturated carbocycles. The highest BCUT2D eigenvalue weighted by Gasteiger charge is 2.48. The summed E-state index contributed by atoms with van der Waals surface area (Å²) in [4.78, 5) is 35.4. The molecule has 0 radical (unpaired) electrons. The largest absolute Gasteiger partial charge is 0.345 e. The molecule has 4 rings (SSSR count). The van der Waals surface area contributed by atoms with Crippen molar-refractivity contribution >= 4 is 24.8 Å². The molecular weight excluding hydrogens is 362 g/mol. The van der Waals surface area contributed by atoms with E-state index in [4.69, 9.17) is 9.12 Å². The van der Waals surface area contributed by atoms with Crippen LogP contribution in [-0.2, 0) is 13.9 Å². The lowest BCUT2D eigenvalue weighted by molar-refractivity contribution is -0.139. The van der Waals surface area contributed by atoms with Gasteiger partial charge in [-0.25, -0.2) is 24.2 Å². The van der Waals surface area contributed by atoms with Gasteiger partial charge in [-0.3, -0.25) is 9.63 Å². The van der Waals surface area contributed by atoms with Crippen molar-refractivity contribution in [3.8, 4) is 0 Å². The zero-order valence-corrected chi connectivity index (χ0v) is 14.9. The molecule has 0 aliphatic carbocycles. The summed E-state index contributed by atoms with van der Waals surface area (Å²) in [7, 11) is 0. The van der Waals surface area contributed by atoms with Crippen LogP contribution in [0.5, 0.6) is 0 Å². The summed E-state index contributed by atoms with van der Waals surface area (Å²) in [6.07, 6.45) is 5.29. The van der Waals surface area contributed by atoms with E-state index in [1.54, 1.807) is 6.33 Å². The Hall–Kier alpha value is -1.89. The molecule has 4 heterocycles. The summed E-state index contributed by atoms with van der Waals surface area (Å²) in [5, 5.41) is 8.69. The first-order valence-corrected chi connectivity index (χ1v) is 8.94. The van der Waals surface area contributed by atoms with E-state index in [0.29, 0.717) is 26.0 Å². The Morgan fingerprint density at radius 1 is 1.42 bits per heavy atom. The second-order valence-electron chi connectivity index (χ2n) is 6.74. The number of amides is 3. The summed E-state index contributed by atoms with van der Waals surface area (Å²) >= 11 is 3.71. The summed E-state index contributed by atoms with van der Waals surface area (Å²) in [5.74, 6) is -0.316. The van der Waals surface area contributed by atoms with Crippen molar-refractivity contribution < 1.29 is 18.7 Å². The number of piperidine rings is 1. The van der Waals surface area contributed by atoms with Crippen LogP contribution in [0, 0.1) is 0 Å². The Morgan fingerprint density at radius 3 is 3.08 bits per heavy atom. The van der Waals surface area contributed by atoms with Crippen molar-refractivity contribution in [1.29, 1.82) is 0 Å². The fraction of sp³-hybridized carbons (Fsp3) is 0.714. The molecule has 3 aliphatic rings. The van der Waals surface area contributed by atoms with Crippen LogP contribution < -0.4 is 10.8 Å². The normalized spacial score (nSPS) is 30.9. The number of rotatable bonds is 6. The molecule has 26 heavy (non-hydrogen) atoms. The maximum atomic E-state index is 12.4. The van der Waals surface area contributed by atoms with E-state index in [2.05, 4.69) is 33.8 Å². The van der Waals surface area contributed by atoms with Gasteiger partial charge >= 0.3 is 6.03 Å². The first-order valence-electron chi connectivity index (χ1n) is 8.58. The van der Waals surface area contributed by atoms with E-state index in [-0.39, 0.29) is 30.1 Å². The fourth-order valence-corrected chi connectivity index (χ4v) is 4.03. The number of hydroxylamine groups is 3. The number of aromatic nitrogens is 3. The third-order valence-electron chi connectivity index (χ3n) is 5.18. The number of thiol groups is 1. The van der Waals surface area contributed by atoms with Gasteiger partial charge in [0.1, 0.15) is 18.7 Å². The Labute approximate surface area is 155 Å². The van der Waals surface area contributed by atoms with Gasteiger partial charge in [-0.15, -0.1) is 0 Å². The molecule has 0 aromatic carbocycles. The second kappa shape index (κ2) is 7.39. The third kappa shape index (κ3) is 3.24. The van der Waals surface area contributed by atoms with Gasteiger partial charge in [0.25, 0.3) is 5.91 Å². The van der Waals surface area contributed by atoms with E-state index in [0.717, 1.165) is 13.0 Å². The van der Waals surface area contributed by atoms with Gasteiger partial charge in [0.15, 0.2) is 0 Å². The van der Waals surface area contributed by atoms with E-state index in [9.17, 15) is 9.59 Å². The molecule has 11 nitrogen and oxygen atoms in total. The molecule has 3 saturated heterocycles. The van der Waals surface area contributed by atoms with Crippen molar-refractivity contribution in [2.24, 2.45) is 0 Å². The maximum absolute atomic E-state index is 12.4. The molecule has 142 valence electrons. The van der Waals surface area contributed by atoms with Crippen molar-refractivity contribution in [1.82, 2.24) is 35.5 Å². The zero-order chi connectivity index (χ0) is 18.1. The van der Waals surface area contributed by atoms with Crippen LogP contribution in [0.15, 0.2) is 12.7 Å². The lowest BCUT2D eigenvalue weighted by Gasteiger charge is -2.29. The molecule has 3 aliphatic heterocycles. The lowest BCUT2D eigenvalue weighted by atomic mass is 10.0. The summed E-state index contributed by atoms with van der Waals surface area (Å²) in [6, 6.07) is -0.600. The van der Waals surface area contributed by atoms with E-state index in [1.807, 2.05) is 4.68 Å². The SMILES string of the molecule is O=C(NOC[C@@H]1C[C@@H](n2cncn2)CN1)C1CCC2CN1C(=O)N2OS. The smallest absolute Gasteiger partial charge is 0.309 e. The zero-order valence-electron chi connectivity index (χ0n) is 14.0. The topological polar surface area (TPSA) is 114 Å². The highest BCUT2D eigenvalue weighted by atomic mass is 32.1. The summed E-state index contributed by atoms with van der Waals surface area (Å²) in [5.41, 5.74) is 2.48.